The van der Waals surface area contributed by atoms with Crippen LogP contribution in [0.5, 0.6) is 0 Å². The Morgan fingerprint density at radius 3 is 2.71 bits per heavy atom. The van der Waals surface area contributed by atoms with Crippen molar-refractivity contribution in [3.05, 3.63) is 68.2 Å². The molecule has 0 aliphatic rings. The van der Waals surface area contributed by atoms with Gasteiger partial charge in [-0.2, -0.15) is 0 Å². The van der Waals surface area contributed by atoms with Gasteiger partial charge in [-0.05, 0) is 51.8 Å². The molecule has 5 heteroatoms. The molecule has 106 valence electrons. The normalized spacial score (nSPS) is 10.8. The van der Waals surface area contributed by atoms with Crippen molar-refractivity contribution in [2.24, 2.45) is 0 Å². The Kier molecular flexibility index (Phi) is 4.48. The summed E-state index contributed by atoms with van der Waals surface area (Å²) in [4.78, 5) is 4.49. The van der Waals surface area contributed by atoms with Crippen molar-refractivity contribution in [3.63, 3.8) is 0 Å². The minimum absolute atomic E-state index is 0.695. The fraction of sp³-hybridized carbons (Fsp3) is 0.0625. The van der Waals surface area contributed by atoms with E-state index in [0.717, 1.165) is 31.1 Å². The van der Waals surface area contributed by atoms with E-state index in [0.29, 0.717) is 11.6 Å². The Balaban J connectivity index is 1.90. The summed E-state index contributed by atoms with van der Waals surface area (Å²) in [5.74, 6) is 0. The highest BCUT2D eigenvalue weighted by Gasteiger charge is 2.06. The van der Waals surface area contributed by atoms with E-state index in [2.05, 4.69) is 60.4 Å². The molecule has 0 bridgehead atoms. The quantitative estimate of drug-likeness (QED) is 0.553. The van der Waals surface area contributed by atoms with E-state index in [-0.39, 0.29) is 0 Å². The summed E-state index contributed by atoms with van der Waals surface area (Å²) in [6.07, 6.45) is 1.82. The SMILES string of the molecule is Clc1ccc(NCc2ccc(Br)c3cccnc23)c(Br)c1. The zero-order chi connectivity index (χ0) is 14.8. The fourth-order valence-corrected chi connectivity index (χ4v) is 3.44. The molecule has 2 nitrogen and oxygen atoms in total. The average Bonchev–Trinajstić information content (AvgIpc) is 2.48. The summed E-state index contributed by atoms with van der Waals surface area (Å²) >= 11 is 13.0. The highest BCUT2D eigenvalue weighted by Crippen LogP contribution is 2.28. The fourth-order valence-electron chi connectivity index (χ4n) is 2.16. The molecular formula is C16H11Br2ClN2. The largest absolute Gasteiger partial charge is 0.380 e. The Hall–Kier alpha value is -1.10. The van der Waals surface area contributed by atoms with Crippen molar-refractivity contribution in [3.8, 4) is 0 Å². The lowest BCUT2D eigenvalue weighted by atomic mass is 10.1. The van der Waals surface area contributed by atoms with Crippen LogP contribution in [0.2, 0.25) is 5.02 Å². The summed E-state index contributed by atoms with van der Waals surface area (Å²) in [6, 6.07) is 13.8. The minimum atomic E-state index is 0.695. The predicted molar refractivity (Wildman–Crippen MR) is 95.9 cm³/mol. The number of rotatable bonds is 3. The van der Waals surface area contributed by atoms with Crippen LogP contribution in [0.25, 0.3) is 10.9 Å². The van der Waals surface area contributed by atoms with Crippen molar-refractivity contribution in [1.82, 2.24) is 4.98 Å². The van der Waals surface area contributed by atoms with Gasteiger partial charge in [-0.3, -0.25) is 4.98 Å². The molecular weight excluding hydrogens is 415 g/mol. The van der Waals surface area contributed by atoms with Gasteiger partial charge in [0, 0.05) is 37.8 Å². The molecule has 3 rings (SSSR count). The van der Waals surface area contributed by atoms with E-state index < -0.39 is 0 Å². The maximum absolute atomic E-state index is 5.96. The molecule has 2 aromatic carbocycles. The maximum Gasteiger partial charge on any atom is 0.0763 e. The molecule has 1 aromatic heterocycles. The van der Waals surface area contributed by atoms with Gasteiger partial charge in [0.05, 0.1) is 5.52 Å². The van der Waals surface area contributed by atoms with Crippen LogP contribution in [0.1, 0.15) is 5.56 Å². The van der Waals surface area contributed by atoms with Crippen molar-refractivity contribution in [1.29, 1.82) is 0 Å². The van der Waals surface area contributed by atoms with E-state index in [1.807, 2.05) is 30.5 Å². The number of hydrogen-bond acceptors (Lipinski definition) is 2. The van der Waals surface area contributed by atoms with Crippen LogP contribution in [0, 0.1) is 0 Å². The summed E-state index contributed by atoms with van der Waals surface area (Å²) in [5, 5.41) is 5.24. The number of halogens is 3. The number of nitrogens with zero attached hydrogens (tertiary/aromatic N) is 1. The third-order valence-electron chi connectivity index (χ3n) is 3.20. The van der Waals surface area contributed by atoms with Gasteiger partial charge in [0.1, 0.15) is 0 Å². The van der Waals surface area contributed by atoms with Crippen molar-refractivity contribution >= 4 is 60.1 Å². The lowest BCUT2D eigenvalue weighted by Crippen LogP contribution is -2.01. The Morgan fingerprint density at radius 1 is 1.05 bits per heavy atom. The van der Waals surface area contributed by atoms with E-state index in [1.165, 1.54) is 0 Å². The van der Waals surface area contributed by atoms with Gasteiger partial charge in [-0.25, -0.2) is 0 Å². The molecule has 0 aliphatic heterocycles. The van der Waals surface area contributed by atoms with Gasteiger partial charge in [0.15, 0.2) is 0 Å². The van der Waals surface area contributed by atoms with E-state index in [1.54, 1.807) is 0 Å². The number of nitrogens with one attached hydrogen (secondary N) is 1. The highest BCUT2D eigenvalue weighted by molar-refractivity contribution is 9.11. The smallest absolute Gasteiger partial charge is 0.0763 e. The monoisotopic (exact) mass is 424 g/mol. The molecule has 0 unspecified atom stereocenters. The minimum Gasteiger partial charge on any atom is -0.380 e. The molecule has 0 aliphatic carbocycles. The number of anilines is 1. The van der Waals surface area contributed by atoms with Crippen molar-refractivity contribution < 1.29 is 0 Å². The van der Waals surface area contributed by atoms with Crippen LogP contribution in [-0.4, -0.2) is 4.98 Å². The Bertz CT molecular complexity index is 805. The van der Waals surface area contributed by atoms with Crippen molar-refractivity contribution in [2.45, 2.75) is 6.54 Å². The molecule has 0 fully saturated rings. The third-order valence-corrected chi connectivity index (χ3v) is 4.78. The zero-order valence-electron chi connectivity index (χ0n) is 10.9. The molecule has 0 radical (unpaired) electrons. The van der Waals surface area contributed by atoms with Gasteiger partial charge in [-0.1, -0.05) is 39.7 Å². The summed E-state index contributed by atoms with van der Waals surface area (Å²) < 4.78 is 2.01. The molecule has 0 amide bonds. The average molecular weight is 427 g/mol. The zero-order valence-corrected chi connectivity index (χ0v) is 14.8. The standard InChI is InChI=1S/C16H11Br2ClN2/c17-13-5-3-10(16-12(13)2-1-7-20-16)9-21-15-6-4-11(19)8-14(15)18/h1-8,21H,9H2. The van der Waals surface area contributed by atoms with Gasteiger partial charge < -0.3 is 5.32 Å². The summed E-state index contributed by atoms with van der Waals surface area (Å²) in [7, 11) is 0. The molecule has 1 heterocycles. The lowest BCUT2D eigenvalue weighted by molar-refractivity contribution is 1.15. The number of fused-ring (bicyclic) bond motifs is 1. The number of pyridine rings is 1. The first-order valence-corrected chi connectivity index (χ1v) is 8.32. The first kappa shape index (κ1) is 14.8. The van der Waals surface area contributed by atoms with Crippen LogP contribution in [0.3, 0.4) is 0 Å². The second kappa shape index (κ2) is 6.34. The first-order chi connectivity index (χ1) is 10.1. The molecule has 0 saturated heterocycles. The van der Waals surface area contributed by atoms with Crippen LogP contribution in [-0.2, 0) is 6.54 Å². The van der Waals surface area contributed by atoms with Gasteiger partial charge >= 0.3 is 0 Å². The maximum atomic E-state index is 5.96. The predicted octanol–water partition coefficient (Wildman–Crippen LogP) is 6.03. The van der Waals surface area contributed by atoms with E-state index >= 15 is 0 Å². The Labute approximate surface area is 144 Å². The Morgan fingerprint density at radius 2 is 1.90 bits per heavy atom. The lowest BCUT2D eigenvalue weighted by Gasteiger charge is -2.11. The molecule has 0 atom stereocenters. The van der Waals surface area contributed by atoms with Gasteiger partial charge in [-0.15, -0.1) is 0 Å². The number of aromatic nitrogens is 1. The van der Waals surface area contributed by atoms with Crippen LogP contribution >= 0.6 is 43.5 Å². The molecule has 21 heavy (non-hydrogen) atoms. The highest BCUT2D eigenvalue weighted by atomic mass is 79.9. The topological polar surface area (TPSA) is 24.9 Å². The van der Waals surface area contributed by atoms with E-state index in [9.17, 15) is 0 Å². The summed E-state index contributed by atoms with van der Waals surface area (Å²) in [5.41, 5.74) is 3.16. The third kappa shape index (κ3) is 3.23. The second-order valence-corrected chi connectivity index (χ2v) is 6.73. The molecule has 3 aromatic rings. The van der Waals surface area contributed by atoms with Crippen LogP contribution in [0.15, 0.2) is 57.6 Å². The second-order valence-electron chi connectivity index (χ2n) is 4.58. The van der Waals surface area contributed by atoms with Gasteiger partial charge in [0.25, 0.3) is 0 Å². The first-order valence-electron chi connectivity index (χ1n) is 6.36. The number of benzene rings is 2. The molecule has 0 saturated carbocycles. The molecule has 1 N–H and O–H groups in total. The van der Waals surface area contributed by atoms with E-state index in [4.69, 9.17) is 11.6 Å². The van der Waals surface area contributed by atoms with Crippen LogP contribution in [0.4, 0.5) is 5.69 Å². The van der Waals surface area contributed by atoms with Crippen LogP contribution < -0.4 is 5.32 Å². The van der Waals surface area contributed by atoms with Crippen molar-refractivity contribution in [2.75, 3.05) is 5.32 Å². The van der Waals surface area contributed by atoms with Gasteiger partial charge in [0.2, 0.25) is 0 Å². The molecule has 0 spiro atoms. The summed E-state index contributed by atoms with van der Waals surface area (Å²) in [6.45, 7) is 0.695. The number of hydrogen-bond donors (Lipinski definition) is 1.